The van der Waals surface area contributed by atoms with Gasteiger partial charge in [0.1, 0.15) is 30.0 Å². The Bertz CT molecular complexity index is 1340. The molecule has 3 heterocycles. The third kappa shape index (κ3) is 20.6. The van der Waals surface area contributed by atoms with Gasteiger partial charge in [-0.2, -0.15) is 5.26 Å². The molecule has 0 bridgehead atoms. The molecule has 0 aliphatic carbocycles. The van der Waals surface area contributed by atoms with Crippen LogP contribution in [0.5, 0.6) is 5.88 Å². The van der Waals surface area contributed by atoms with E-state index < -0.39 is 14.7 Å². The van der Waals surface area contributed by atoms with E-state index in [1.807, 2.05) is 12.1 Å². The van der Waals surface area contributed by atoms with Crippen molar-refractivity contribution in [1.82, 2.24) is 9.97 Å². The van der Waals surface area contributed by atoms with E-state index in [-0.39, 0.29) is 43.6 Å². The number of unbranched alkanes of at least 4 members (excludes halogenated alkanes) is 15. The molecule has 3 rings (SSSR count). The maximum Gasteiger partial charge on any atom is 0.330 e. The number of nitriles is 2. The van der Waals surface area contributed by atoms with Crippen LogP contribution in [0.1, 0.15) is 146 Å². The first kappa shape index (κ1) is 45.7. The first-order valence-electron chi connectivity index (χ1n) is 19.3. The monoisotopic (exact) mass is 755 g/mol. The fourth-order valence-electron chi connectivity index (χ4n) is 6.07. The van der Waals surface area contributed by atoms with Gasteiger partial charge in [0.2, 0.25) is 5.88 Å². The zero-order valence-electron chi connectivity index (χ0n) is 31.6. The summed E-state index contributed by atoms with van der Waals surface area (Å²) < 4.78 is 29.3. The lowest BCUT2D eigenvalue weighted by Crippen LogP contribution is -2.29. The quantitative estimate of drug-likeness (QED) is 0.0258. The van der Waals surface area contributed by atoms with Gasteiger partial charge < -0.3 is 38.9 Å². The Labute approximate surface area is 318 Å². The van der Waals surface area contributed by atoms with Crippen molar-refractivity contribution in [1.29, 1.82) is 15.9 Å². The highest BCUT2D eigenvalue weighted by Crippen LogP contribution is 2.37. The first-order valence-corrected chi connectivity index (χ1v) is 20.4. The van der Waals surface area contributed by atoms with E-state index in [1.165, 1.54) is 89.9 Å². The number of nitrogens with two attached hydrogens (primary N) is 1. The van der Waals surface area contributed by atoms with Gasteiger partial charge in [-0.3, -0.25) is 5.41 Å². The van der Waals surface area contributed by atoms with E-state index >= 15 is 0 Å². The highest BCUT2D eigenvalue weighted by atomic mass is 31.2. The predicted molar refractivity (Wildman–Crippen MR) is 209 cm³/mol. The van der Waals surface area contributed by atoms with Gasteiger partial charge in [0, 0.05) is 24.9 Å². The molecule has 53 heavy (non-hydrogen) atoms. The Morgan fingerprint density at radius 3 is 2.26 bits per heavy atom. The molecule has 4 unspecified atom stereocenters. The van der Waals surface area contributed by atoms with Crippen molar-refractivity contribution in [2.75, 3.05) is 26.4 Å². The van der Waals surface area contributed by atoms with Crippen LogP contribution in [-0.2, 0) is 18.5 Å². The Kier molecular flexibility index (Phi) is 25.9. The summed E-state index contributed by atoms with van der Waals surface area (Å²) in [5.74, 6) is 0.527. The molecular formula is C39H62N7O6P. The van der Waals surface area contributed by atoms with Crippen LogP contribution in [0, 0.1) is 28.6 Å². The van der Waals surface area contributed by atoms with Gasteiger partial charge in [-0.1, -0.05) is 109 Å². The van der Waals surface area contributed by atoms with E-state index in [1.54, 1.807) is 24.3 Å². The van der Waals surface area contributed by atoms with Crippen molar-refractivity contribution in [3.05, 3.63) is 47.4 Å². The first-order chi connectivity index (χ1) is 26.0. The van der Waals surface area contributed by atoms with Gasteiger partial charge in [-0.15, -0.1) is 0 Å². The maximum atomic E-state index is 10.5. The van der Waals surface area contributed by atoms with Crippen LogP contribution < -0.4 is 10.5 Å². The molecule has 1 aliphatic rings. The second-order valence-corrected chi connectivity index (χ2v) is 14.2. The Morgan fingerprint density at radius 1 is 1.00 bits per heavy atom. The number of hydrogen-bond donors (Lipinski definition) is 4. The Balaban J connectivity index is 0.00000477. The summed E-state index contributed by atoms with van der Waals surface area (Å²) >= 11 is 0. The number of hydrogen-bond acceptors (Lipinski definition) is 10. The van der Waals surface area contributed by atoms with Gasteiger partial charge in [-0.25, -0.2) is 15.2 Å². The molecule has 13 nitrogen and oxygen atoms in total. The average Bonchev–Trinajstić information content (AvgIpc) is 3.87. The van der Waals surface area contributed by atoms with Crippen molar-refractivity contribution in [2.24, 2.45) is 10.7 Å². The number of aliphatic imine (C=N–C) groups is 1. The molecule has 1 fully saturated rings. The second-order valence-electron chi connectivity index (χ2n) is 13.2. The fraction of sp³-hybridized carbons (Fsp3) is 0.667. The number of pyridine rings is 1. The molecule has 1 saturated heterocycles. The minimum Gasteiger partial charge on any atom is -0.469 e. The lowest BCUT2D eigenvalue weighted by molar-refractivity contribution is 0.00179. The molecule has 2 aromatic heterocycles. The van der Waals surface area contributed by atoms with Crippen LogP contribution in [-0.4, -0.2) is 65.7 Å². The summed E-state index contributed by atoms with van der Waals surface area (Å²) in [6, 6.07) is 10.7. The third-order valence-corrected chi connectivity index (χ3v) is 9.70. The summed E-state index contributed by atoms with van der Waals surface area (Å²) in [5, 5.41) is 22.8. The maximum absolute atomic E-state index is 10.5. The molecule has 294 valence electrons. The van der Waals surface area contributed by atoms with Crippen molar-refractivity contribution < 1.29 is 28.2 Å². The van der Waals surface area contributed by atoms with Gasteiger partial charge in [0.05, 0.1) is 37.7 Å². The van der Waals surface area contributed by atoms with Crippen LogP contribution in [0.4, 0.5) is 0 Å². The summed E-state index contributed by atoms with van der Waals surface area (Å²) in [5.41, 5.74) is 7.60. The van der Waals surface area contributed by atoms with Crippen LogP contribution in [0.15, 0.2) is 35.3 Å². The smallest absolute Gasteiger partial charge is 0.330 e. The number of rotatable bonds is 30. The summed E-state index contributed by atoms with van der Waals surface area (Å²) in [4.78, 5) is 21.7. The fourth-order valence-corrected chi connectivity index (χ4v) is 6.74. The molecule has 1 aliphatic heterocycles. The van der Waals surface area contributed by atoms with E-state index in [0.29, 0.717) is 18.2 Å². The molecule has 5 N–H and O–H groups in total. The van der Waals surface area contributed by atoms with E-state index in [9.17, 15) is 10.2 Å². The minimum atomic E-state index is -2.18. The highest BCUT2D eigenvalue weighted by Gasteiger charge is 2.29. The van der Waals surface area contributed by atoms with Gasteiger partial charge in [0.15, 0.2) is 0 Å². The van der Waals surface area contributed by atoms with Crippen molar-refractivity contribution in [2.45, 2.75) is 141 Å². The minimum absolute atomic E-state index is 0.0255. The van der Waals surface area contributed by atoms with Crippen molar-refractivity contribution >= 4 is 20.8 Å². The lowest BCUT2D eigenvalue weighted by Gasteiger charge is -2.21. The molecule has 14 heteroatoms. The lowest BCUT2D eigenvalue weighted by atomic mass is 10.0. The number of nitrogens with zero attached hydrogens (tertiary/aromatic N) is 4. The van der Waals surface area contributed by atoms with Gasteiger partial charge in [-0.05, 0) is 37.5 Å². The van der Waals surface area contributed by atoms with Crippen LogP contribution in [0.25, 0.3) is 0 Å². The summed E-state index contributed by atoms with van der Waals surface area (Å²) in [6.45, 7) is 6.84. The largest absolute Gasteiger partial charge is 0.469 e. The topological polar surface area (TPSA) is 205 Å². The van der Waals surface area contributed by atoms with Crippen LogP contribution >= 0.6 is 8.60 Å². The number of H-pyrrole nitrogens is 1. The molecule has 0 spiro atoms. The van der Waals surface area contributed by atoms with Gasteiger partial charge >= 0.3 is 8.60 Å². The number of nitrogens with one attached hydrogen (secondary N) is 2. The Hall–Kier alpha value is -3.42. The van der Waals surface area contributed by atoms with Crippen molar-refractivity contribution in [3.8, 4) is 18.5 Å². The second kappa shape index (κ2) is 30.0. The third-order valence-electron chi connectivity index (χ3n) is 8.96. The Morgan fingerprint density at radius 2 is 1.64 bits per heavy atom. The number of aromatic amines is 1. The van der Waals surface area contributed by atoms with E-state index in [2.05, 4.69) is 28.5 Å². The molecule has 0 amide bonds. The van der Waals surface area contributed by atoms with Crippen LogP contribution in [0.2, 0.25) is 0 Å². The van der Waals surface area contributed by atoms with Gasteiger partial charge in [0.25, 0.3) is 0 Å². The SMILES string of the molecule is C#N.CCCCCCCCCCCCCCCCCCOCC(COP(O)OCC1CCC(c2ccc(C(N)=NC=N)[nH]2)O1)Oc1cccc(C#N)n1. The average molecular weight is 756 g/mol. The molecule has 0 aromatic carbocycles. The molecule has 0 radical (unpaired) electrons. The molecular weight excluding hydrogens is 693 g/mol. The molecule has 4 atom stereocenters. The highest BCUT2D eigenvalue weighted by molar-refractivity contribution is 7.40. The molecule has 2 aromatic rings. The van der Waals surface area contributed by atoms with Crippen LogP contribution in [0.3, 0.4) is 0 Å². The van der Waals surface area contributed by atoms with E-state index in [0.717, 1.165) is 37.7 Å². The zero-order chi connectivity index (χ0) is 38.4. The number of ether oxygens (including phenoxy) is 3. The van der Waals surface area contributed by atoms with Crippen molar-refractivity contribution in [3.63, 3.8) is 0 Å². The summed E-state index contributed by atoms with van der Waals surface area (Å²) in [6.07, 6.45) is 22.6. The zero-order valence-corrected chi connectivity index (χ0v) is 32.5. The number of amidine groups is 1. The van der Waals surface area contributed by atoms with E-state index in [4.69, 9.17) is 39.7 Å². The normalized spacial score (nSPS) is 16.7. The standard InChI is InChI=1S/C38H61N6O6P.CHN/c1-2-3-4-5-6-7-8-9-10-11-12-13-14-15-16-17-25-46-27-33(50-37-20-18-19-31(26-39)43-37)29-48-51(45)47-28-32-21-24-36(49-32)34-22-23-35(44-34)38(41)42-30-40;1-2/h18-20,22-23,30,32-33,36,44-45H,2-17,21,24-25,27-29H2,1H3,(H3,40,41,42);1H. The predicted octanol–water partition coefficient (Wildman–Crippen LogP) is 8.93. The number of aromatic nitrogens is 2. The summed E-state index contributed by atoms with van der Waals surface area (Å²) in [7, 11) is -2.18. The molecule has 0 saturated carbocycles.